The third-order valence-electron chi connectivity index (χ3n) is 2.59. The second-order valence-electron chi connectivity index (χ2n) is 3.90. The van der Waals surface area contributed by atoms with Crippen molar-refractivity contribution in [2.24, 2.45) is 0 Å². The average molecular weight is 340 g/mol. The number of aryl methyl sites for hydroxylation is 2. The van der Waals surface area contributed by atoms with Crippen LogP contribution in [0.3, 0.4) is 0 Å². The topological polar surface area (TPSA) is 34.0 Å². The van der Waals surface area contributed by atoms with Crippen molar-refractivity contribution in [3.63, 3.8) is 0 Å². The van der Waals surface area contributed by atoms with Gasteiger partial charge in [0.15, 0.2) is 0 Å². The molecule has 4 heteroatoms. The van der Waals surface area contributed by atoms with Crippen molar-refractivity contribution in [3.8, 4) is 0 Å². The van der Waals surface area contributed by atoms with E-state index in [0.717, 1.165) is 15.0 Å². The molecule has 3 nitrogen and oxygen atoms in total. The van der Waals surface area contributed by atoms with Crippen LogP contribution in [-0.2, 0) is 0 Å². The highest BCUT2D eigenvalue weighted by molar-refractivity contribution is 14.1. The zero-order chi connectivity index (χ0) is 12.4. The average Bonchev–Trinajstić information content (AvgIpc) is 2.61. The summed E-state index contributed by atoms with van der Waals surface area (Å²) in [5.41, 5.74) is 5.56. The molecule has 0 saturated carbocycles. The fourth-order valence-electron chi connectivity index (χ4n) is 1.61. The molecule has 1 N–H and O–H groups in total. The number of nitrogens with zero attached hydrogens (tertiary/aromatic N) is 1. The Labute approximate surface area is 114 Å². The van der Waals surface area contributed by atoms with Gasteiger partial charge in [-0.25, -0.2) is 0 Å². The number of carbonyl (C=O) groups excluding carboxylic acids is 1. The van der Waals surface area contributed by atoms with E-state index in [9.17, 15) is 4.79 Å². The second-order valence-corrected chi connectivity index (χ2v) is 5.14. The molecule has 0 saturated heterocycles. The number of rotatable bonds is 2. The molecular formula is C13H13IN2O. The van der Waals surface area contributed by atoms with Crippen LogP contribution in [0.15, 0.2) is 36.4 Å². The first-order chi connectivity index (χ1) is 8.08. The van der Waals surface area contributed by atoms with Crippen LogP contribution in [0.25, 0.3) is 0 Å². The zero-order valence-corrected chi connectivity index (χ0v) is 11.9. The first-order valence-corrected chi connectivity index (χ1v) is 6.37. The molecule has 0 unspecified atom stereocenters. The van der Waals surface area contributed by atoms with E-state index in [1.54, 1.807) is 4.68 Å². The molecule has 0 aliphatic rings. The van der Waals surface area contributed by atoms with Gasteiger partial charge in [0.2, 0.25) is 0 Å². The summed E-state index contributed by atoms with van der Waals surface area (Å²) in [5, 5.41) is 0. The maximum absolute atomic E-state index is 12.0. The lowest BCUT2D eigenvalue weighted by Crippen LogP contribution is -2.24. The van der Waals surface area contributed by atoms with E-state index in [2.05, 4.69) is 28.0 Å². The Hall–Kier alpha value is -1.30. The molecule has 0 aliphatic heterocycles. The molecular weight excluding hydrogens is 327 g/mol. The van der Waals surface area contributed by atoms with E-state index in [1.165, 1.54) is 0 Å². The van der Waals surface area contributed by atoms with Crippen LogP contribution in [0.1, 0.15) is 21.7 Å². The highest BCUT2D eigenvalue weighted by Crippen LogP contribution is 2.09. The molecule has 0 radical (unpaired) electrons. The predicted molar refractivity (Wildman–Crippen MR) is 76.8 cm³/mol. The molecule has 88 valence electrons. The van der Waals surface area contributed by atoms with Gasteiger partial charge in [-0.2, -0.15) is 0 Å². The molecule has 0 atom stereocenters. The molecule has 1 amide bonds. The summed E-state index contributed by atoms with van der Waals surface area (Å²) in [7, 11) is 0. The lowest BCUT2D eigenvalue weighted by atomic mass is 10.2. The Balaban J connectivity index is 2.20. The lowest BCUT2D eigenvalue weighted by Gasteiger charge is -2.11. The van der Waals surface area contributed by atoms with Crippen LogP contribution in [0, 0.1) is 17.4 Å². The van der Waals surface area contributed by atoms with Crippen molar-refractivity contribution in [2.75, 3.05) is 5.43 Å². The van der Waals surface area contributed by atoms with Crippen LogP contribution in [0.4, 0.5) is 0 Å². The van der Waals surface area contributed by atoms with Crippen molar-refractivity contribution < 1.29 is 4.79 Å². The number of amides is 1. The van der Waals surface area contributed by atoms with Gasteiger partial charge in [0.25, 0.3) is 5.91 Å². The summed E-state index contributed by atoms with van der Waals surface area (Å²) in [5.74, 6) is -0.0937. The van der Waals surface area contributed by atoms with E-state index in [1.807, 2.05) is 50.2 Å². The fraction of sp³-hybridized carbons (Fsp3) is 0.154. The number of hydrogen-bond acceptors (Lipinski definition) is 1. The fourth-order valence-corrected chi connectivity index (χ4v) is 1.97. The van der Waals surface area contributed by atoms with Gasteiger partial charge in [0, 0.05) is 20.5 Å². The first-order valence-electron chi connectivity index (χ1n) is 5.30. The Kier molecular flexibility index (Phi) is 3.51. The van der Waals surface area contributed by atoms with E-state index in [0.29, 0.717) is 5.56 Å². The minimum Gasteiger partial charge on any atom is -0.267 e. The lowest BCUT2D eigenvalue weighted by molar-refractivity contribution is 0.101. The van der Waals surface area contributed by atoms with Crippen molar-refractivity contribution in [1.82, 2.24) is 4.68 Å². The van der Waals surface area contributed by atoms with E-state index in [4.69, 9.17) is 0 Å². The van der Waals surface area contributed by atoms with E-state index >= 15 is 0 Å². The number of carbonyl (C=O) groups is 1. The van der Waals surface area contributed by atoms with Crippen molar-refractivity contribution in [2.45, 2.75) is 13.8 Å². The molecule has 0 aliphatic carbocycles. The van der Waals surface area contributed by atoms with Crippen molar-refractivity contribution >= 4 is 28.5 Å². The molecule has 1 aromatic carbocycles. The largest absolute Gasteiger partial charge is 0.270 e. The number of halogens is 1. The molecule has 17 heavy (non-hydrogen) atoms. The highest BCUT2D eigenvalue weighted by Gasteiger charge is 2.08. The van der Waals surface area contributed by atoms with Gasteiger partial charge in [0.05, 0.1) is 0 Å². The maximum Gasteiger partial charge on any atom is 0.270 e. The van der Waals surface area contributed by atoms with Crippen molar-refractivity contribution in [1.29, 1.82) is 0 Å². The van der Waals surface area contributed by atoms with Gasteiger partial charge in [-0.05, 0) is 72.8 Å². The smallest absolute Gasteiger partial charge is 0.267 e. The minimum absolute atomic E-state index is 0.0937. The third kappa shape index (κ3) is 2.69. The summed E-state index contributed by atoms with van der Waals surface area (Å²) < 4.78 is 2.91. The zero-order valence-electron chi connectivity index (χ0n) is 9.70. The van der Waals surface area contributed by atoms with Crippen LogP contribution >= 0.6 is 22.6 Å². The van der Waals surface area contributed by atoms with Gasteiger partial charge in [0.1, 0.15) is 0 Å². The van der Waals surface area contributed by atoms with Crippen molar-refractivity contribution in [3.05, 3.63) is 56.9 Å². The van der Waals surface area contributed by atoms with Crippen LogP contribution in [0.2, 0.25) is 0 Å². The summed E-state index contributed by atoms with van der Waals surface area (Å²) in [6, 6.07) is 11.4. The molecule has 1 heterocycles. The maximum atomic E-state index is 12.0. The molecule has 0 fully saturated rings. The van der Waals surface area contributed by atoms with E-state index in [-0.39, 0.29) is 5.91 Å². The summed E-state index contributed by atoms with van der Waals surface area (Å²) >= 11 is 2.22. The monoisotopic (exact) mass is 340 g/mol. The van der Waals surface area contributed by atoms with Gasteiger partial charge in [-0.15, -0.1) is 0 Å². The SMILES string of the molecule is Cc1ccc(C)n1NC(=O)c1ccc(I)cc1. The summed E-state index contributed by atoms with van der Waals surface area (Å²) in [6.45, 7) is 3.92. The summed E-state index contributed by atoms with van der Waals surface area (Å²) in [4.78, 5) is 12.0. The number of benzene rings is 1. The van der Waals surface area contributed by atoms with Gasteiger partial charge < -0.3 is 0 Å². The highest BCUT2D eigenvalue weighted by atomic mass is 127. The predicted octanol–water partition coefficient (Wildman–Crippen LogP) is 3.09. The standard InChI is InChI=1S/C13H13IN2O/c1-9-3-4-10(2)16(9)15-13(17)11-5-7-12(14)8-6-11/h3-8H,1-2H3,(H,15,17). The Morgan fingerprint density at radius 2 is 1.59 bits per heavy atom. The first kappa shape index (κ1) is 12.2. The van der Waals surface area contributed by atoms with E-state index < -0.39 is 0 Å². The third-order valence-corrected chi connectivity index (χ3v) is 3.31. The molecule has 2 rings (SSSR count). The second kappa shape index (κ2) is 4.91. The Morgan fingerprint density at radius 1 is 1.06 bits per heavy atom. The van der Waals surface area contributed by atoms with Crippen LogP contribution < -0.4 is 5.43 Å². The van der Waals surface area contributed by atoms with Gasteiger partial charge in [-0.3, -0.25) is 14.9 Å². The number of hydrogen-bond donors (Lipinski definition) is 1. The molecule has 0 spiro atoms. The Morgan fingerprint density at radius 3 is 2.12 bits per heavy atom. The van der Waals surface area contributed by atoms with Gasteiger partial charge in [-0.1, -0.05) is 0 Å². The number of aromatic nitrogens is 1. The van der Waals surface area contributed by atoms with Crippen LogP contribution in [-0.4, -0.2) is 10.6 Å². The van der Waals surface area contributed by atoms with Crippen LogP contribution in [0.5, 0.6) is 0 Å². The minimum atomic E-state index is -0.0937. The quantitative estimate of drug-likeness (QED) is 0.838. The summed E-state index contributed by atoms with van der Waals surface area (Å²) in [6.07, 6.45) is 0. The molecule has 2 aromatic rings. The molecule has 1 aromatic heterocycles. The molecule has 0 bridgehead atoms. The normalized spacial score (nSPS) is 10.3. The Bertz CT molecular complexity index is 524. The number of nitrogens with one attached hydrogen (secondary N) is 1. The van der Waals surface area contributed by atoms with Gasteiger partial charge >= 0.3 is 0 Å².